The number of benzene rings is 1. The van der Waals surface area contributed by atoms with E-state index in [2.05, 4.69) is 5.92 Å². The zero-order valence-corrected chi connectivity index (χ0v) is 13.2. The van der Waals surface area contributed by atoms with E-state index in [1.807, 2.05) is 24.3 Å². The van der Waals surface area contributed by atoms with Crippen LogP contribution in [0.25, 0.3) is 0 Å². The van der Waals surface area contributed by atoms with Gasteiger partial charge < -0.3 is 9.47 Å². The van der Waals surface area contributed by atoms with Crippen molar-refractivity contribution in [2.75, 3.05) is 13.2 Å². The molecule has 5 atom stereocenters. The van der Waals surface area contributed by atoms with Gasteiger partial charge in [-0.25, -0.2) is 0 Å². The maximum Gasteiger partial charge on any atom is 0.310 e. The van der Waals surface area contributed by atoms with Crippen LogP contribution < -0.4 is 0 Å². The first kappa shape index (κ1) is 14.3. The van der Waals surface area contributed by atoms with E-state index >= 15 is 0 Å². The third-order valence-corrected chi connectivity index (χ3v) is 5.82. The van der Waals surface area contributed by atoms with Crippen LogP contribution in [0.15, 0.2) is 24.3 Å². The summed E-state index contributed by atoms with van der Waals surface area (Å²) in [6.45, 7) is 4.31. The molecule has 4 nitrogen and oxygen atoms in total. The van der Waals surface area contributed by atoms with E-state index in [9.17, 15) is 9.59 Å². The number of rotatable bonds is 5. The van der Waals surface area contributed by atoms with Gasteiger partial charge in [-0.3, -0.25) is 9.59 Å². The molecule has 23 heavy (non-hydrogen) atoms. The quantitative estimate of drug-likeness (QED) is 0.616. The average molecular weight is 310 g/mol. The Morgan fingerprint density at radius 3 is 2.30 bits per heavy atom. The molecule has 118 valence electrons. The maximum atomic E-state index is 12.3. The number of esters is 2. The van der Waals surface area contributed by atoms with E-state index in [4.69, 9.17) is 15.9 Å². The van der Waals surface area contributed by atoms with Crippen molar-refractivity contribution in [1.29, 1.82) is 0 Å². The fourth-order valence-corrected chi connectivity index (χ4v) is 5.00. The molecule has 0 N–H and O–H groups in total. The summed E-state index contributed by atoms with van der Waals surface area (Å²) in [5.74, 6) is 2.07. The largest absolute Gasteiger partial charge is 0.466 e. The number of terminal acetylenes is 1. The van der Waals surface area contributed by atoms with Crippen molar-refractivity contribution >= 4 is 11.9 Å². The van der Waals surface area contributed by atoms with Crippen molar-refractivity contribution in [2.45, 2.75) is 19.3 Å². The second-order valence-corrected chi connectivity index (χ2v) is 6.42. The summed E-state index contributed by atoms with van der Waals surface area (Å²) in [7, 11) is 0. The summed E-state index contributed by atoms with van der Waals surface area (Å²) in [5.41, 5.74) is 1.43. The van der Waals surface area contributed by atoms with Crippen molar-refractivity contribution in [2.24, 2.45) is 23.2 Å². The van der Waals surface area contributed by atoms with E-state index in [1.54, 1.807) is 13.8 Å². The van der Waals surface area contributed by atoms with Gasteiger partial charge in [-0.1, -0.05) is 18.1 Å². The van der Waals surface area contributed by atoms with Crippen molar-refractivity contribution in [3.05, 3.63) is 35.4 Å². The molecule has 3 aliphatic carbocycles. The Morgan fingerprint density at radius 1 is 1.13 bits per heavy atom. The molecule has 3 aliphatic rings. The first-order valence-corrected chi connectivity index (χ1v) is 8.02. The summed E-state index contributed by atoms with van der Waals surface area (Å²) in [5, 5.41) is 0. The average Bonchev–Trinajstić information content (AvgIpc) is 3.45. The second-order valence-electron chi connectivity index (χ2n) is 6.42. The highest BCUT2D eigenvalue weighted by molar-refractivity contribution is 5.99. The molecular formula is C19H18O4. The van der Waals surface area contributed by atoms with Gasteiger partial charge in [0.1, 0.15) is 0 Å². The van der Waals surface area contributed by atoms with Gasteiger partial charge in [0.2, 0.25) is 0 Å². The minimum Gasteiger partial charge on any atom is -0.466 e. The molecule has 3 fully saturated rings. The molecule has 0 aromatic heterocycles. The second kappa shape index (κ2) is 4.38. The Labute approximate surface area is 135 Å². The molecule has 0 radical (unpaired) electrons. The SMILES string of the molecule is C#Cc1ccc(C23C(C(=O)OCC)[C@]24C(C(=O)OCC)[C@H]34)cc1. The van der Waals surface area contributed by atoms with Gasteiger partial charge >= 0.3 is 11.9 Å². The predicted molar refractivity (Wildman–Crippen MR) is 82.2 cm³/mol. The van der Waals surface area contributed by atoms with Crippen LogP contribution in [0.4, 0.5) is 0 Å². The Morgan fingerprint density at radius 2 is 1.74 bits per heavy atom. The van der Waals surface area contributed by atoms with Crippen molar-refractivity contribution in [3.63, 3.8) is 0 Å². The zero-order chi connectivity index (χ0) is 16.4. The van der Waals surface area contributed by atoms with Crippen molar-refractivity contribution in [3.8, 4) is 12.3 Å². The lowest BCUT2D eigenvalue weighted by molar-refractivity contribution is -0.146. The van der Waals surface area contributed by atoms with E-state index in [0.717, 1.165) is 11.1 Å². The van der Waals surface area contributed by atoms with Gasteiger partial charge in [-0.15, -0.1) is 6.42 Å². The minimum atomic E-state index is -0.247. The smallest absolute Gasteiger partial charge is 0.310 e. The maximum absolute atomic E-state index is 12.3. The Balaban J connectivity index is 1.62. The molecule has 4 rings (SSSR count). The number of hydrogen-bond donors (Lipinski definition) is 0. The van der Waals surface area contributed by atoms with E-state index < -0.39 is 0 Å². The lowest BCUT2D eigenvalue weighted by Gasteiger charge is -2.15. The molecule has 1 spiro atoms. The molecule has 1 aromatic rings. The van der Waals surface area contributed by atoms with Crippen LogP contribution in [0.1, 0.15) is 25.0 Å². The van der Waals surface area contributed by atoms with Gasteiger partial charge in [-0.2, -0.15) is 0 Å². The van der Waals surface area contributed by atoms with Gasteiger partial charge in [-0.05, 0) is 37.5 Å². The van der Waals surface area contributed by atoms with Crippen LogP contribution in [0, 0.1) is 35.5 Å². The van der Waals surface area contributed by atoms with Crippen LogP contribution >= 0.6 is 0 Å². The van der Waals surface area contributed by atoms with E-state index in [-0.39, 0.29) is 40.5 Å². The lowest BCUT2D eigenvalue weighted by atomic mass is 9.90. The lowest BCUT2D eigenvalue weighted by Crippen LogP contribution is -2.21. The normalized spacial score (nSPS) is 37.7. The molecule has 0 amide bonds. The van der Waals surface area contributed by atoms with E-state index in [1.165, 1.54) is 0 Å². The van der Waals surface area contributed by atoms with Crippen LogP contribution in [-0.2, 0) is 24.5 Å². The fraction of sp³-hybridized carbons (Fsp3) is 0.474. The van der Waals surface area contributed by atoms with Gasteiger partial charge in [0.05, 0.1) is 25.0 Å². The Kier molecular flexibility index (Phi) is 2.73. The van der Waals surface area contributed by atoms with Gasteiger partial charge in [0, 0.05) is 16.4 Å². The predicted octanol–water partition coefficient (Wildman–Crippen LogP) is 1.91. The summed E-state index contributed by atoms with van der Waals surface area (Å²) in [6, 6.07) is 7.72. The molecule has 0 heterocycles. The van der Waals surface area contributed by atoms with Crippen molar-refractivity contribution in [1.82, 2.24) is 0 Å². The van der Waals surface area contributed by atoms with E-state index in [0.29, 0.717) is 13.2 Å². The number of fused-ring (bicyclic) bond motifs is 1. The van der Waals surface area contributed by atoms with Gasteiger partial charge in [0.25, 0.3) is 0 Å². The van der Waals surface area contributed by atoms with Gasteiger partial charge in [0.15, 0.2) is 0 Å². The Bertz CT molecular complexity index is 744. The standard InChI is InChI=1S/C19H18O4/c1-4-11-7-9-12(10-8-11)18-14-13(16(20)22-5-2)19(14,18)15(18)17(21)23-6-3/h1,7-10,13-15H,5-6H2,2-3H3/t13?,14-,15?,18?,19-/m1/s1. The van der Waals surface area contributed by atoms with Crippen LogP contribution in [0.5, 0.6) is 0 Å². The van der Waals surface area contributed by atoms with Crippen molar-refractivity contribution < 1.29 is 19.1 Å². The molecule has 0 saturated heterocycles. The fourth-order valence-electron chi connectivity index (χ4n) is 5.00. The molecule has 0 aliphatic heterocycles. The summed E-state index contributed by atoms with van der Waals surface area (Å²) in [6.07, 6.45) is 5.39. The number of hydrogen-bond acceptors (Lipinski definition) is 4. The number of carbonyl (C=O) groups excluding carboxylic acids is 2. The van der Waals surface area contributed by atoms with Crippen LogP contribution in [0.3, 0.4) is 0 Å². The number of carbonyl (C=O) groups is 2. The molecule has 4 heteroatoms. The molecule has 3 unspecified atom stereocenters. The molecular weight excluding hydrogens is 292 g/mol. The van der Waals surface area contributed by atoms with Crippen LogP contribution in [0.2, 0.25) is 0 Å². The molecule has 0 bridgehead atoms. The topological polar surface area (TPSA) is 52.6 Å². The number of ether oxygens (including phenoxy) is 2. The highest BCUT2D eigenvalue weighted by atomic mass is 16.5. The summed E-state index contributed by atoms with van der Waals surface area (Å²) < 4.78 is 10.4. The van der Waals surface area contributed by atoms with Crippen LogP contribution in [-0.4, -0.2) is 25.2 Å². The highest BCUT2D eigenvalue weighted by Gasteiger charge is 3.16. The molecule has 3 saturated carbocycles. The first-order chi connectivity index (χ1) is 11.1. The monoisotopic (exact) mass is 310 g/mol. The third kappa shape index (κ3) is 1.39. The summed E-state index contributed by atoms with van der Waals surface area (Å²) >= 11 is 0. The molecule has 1 aromatic carbocycles. The highest BCUT2D eigenvalue weighted by Crippen LogP contribution is 3.10. The first-order valence-electron chi connectivity index (χ1n) is 8.02. The Hall–Kier alpha value is -2.28. The third-order valence-electron chi connectivity index (χ3n) is 5.82. The minimum absolute atomic E-state index is 0.149. The summed E-state index contributed by atoms with van der Waals surface area (Å²) in [4.78, 5) is 24.4. The zero-order valence-electron chi connectivity index (χ0n) is 13.2.